The zero-order valence-electron chi connectivity index (χ0n) is 19.6. The van der Waals surface area contributed by atoms with Crippen molar-refractivity contribution < 1.29 is 14.4 Å². The molecule has 1 amide bonds. The number of benzene rings is 3. The van der Waals surface area contributed by atoms with Crippen LogP contribution in [0.4, 0.5) is 5.69 Å². The SMILES string of the molecule is CC(Sc1ncnc2c1cnn2-c1ccccc1)C(=O)Nc1ccc2c(c1)C(=O)c1ccccc1C2=O. The molecule has 0 aliphatic heterocycles. The molecule has 180 valence electrons. The van der Waals surface area contributed by atoms with Gasteiger partial charge in [-0.25, -0.2) is 14.6 Å². The fourth-order valence-corrected chi connectivity index (χ4v) is 5.20. The van der Waals surface area contributed by atoms with E-state index in [0.717, 1.165) is 11.1 Å². The number of aromatic nitrogens is 4. The highest BCUT2D eigenvalue weighted by Crippen LogP contribution is 2.31. The Hall–Kier alpha value is -4.63. The fraction of sp³-hybridized carbons (Fsp3) is 0.0714. The smallest absolute Gasteiger partial charge is 0.237 e. The number of amides is 1. The third kappa shape index (κ3) is 3.99. The number of rotatable bonds is 5. The Kier molecular flexibility index (Phi) is 5.61. The van der Waals surface area contributed by atoms with Crippen molar-refractivity contribution in [1.29, 1.82) is 0 Å². The van der Waals surface area contributed by atoms with Gasteiger partial charge in [-0.1, -0.05) is 54.2 Å². The number of hydrogen-bond acceptors (Lipinski definition) is 7. The molecule has 1 atom stereocenters. The monoisotopic (exact) mass is 505 g/mol. The van der Waals surface area contributed by atoms with Gasteiger partial charge in [-0.15, -0.1) is 0 Å². The molecule has 3 aromatic carbocycles. The van der Waals surface area contributed by atoms with Gasteiger partial charge < -0.3 is 5.32 Å². The number of thioether (sulfide) groups is 1. The Morgan fingerprint density at radius 2 is 1.54 bits per heavy atom. The number of fused-ring (bicyclic) bond motifs is 3. The van der Waals surface area contributed by atoms with Crippen LogP contribution in [0, 0.1) is 0 Å². The lowest BCUT2D eigenvalue weighted by molar-refractivity contribution is -0.115. The molecule has 0 bridgehead atoms. The minimum absolute atomic E-state index is 0.198. The maximum absolute atomic E-state index is 13.0. The molecule has 0 fully saturated rings. The molecule has 1 aliphatic rings. The standard InChI is InChI=1S/C28H19N5O3S/c1-16(37-28-23-14-31-33(26(23)29-15-30-28)18-7-3-2-4-8-18)27(36)32-17-11-12-21-22(13-17)25(35)20-10-6-5-9-19(20)24(21)34/h2-16H,1H3,(H,32,36). The second-order valence-electron chi connectivity index (χ2n) is 8.52. The van der Waals surface area contributed by atoms with Gasteiger partial charge in [-0.3, -0.25) is 14.4 Å². The molecule has 1 aliphatic carbocycles. The van der Waals surface area contributed by atoms with E-state index in [1.807, 2.05) is 30.3 Å². The molecule has 1 unspecified atom stereocenters. The van der Waals surface area contributed by atoms with Gasteiger partial charge in [0.25, 0.3) is 0 Å². The highest BCUT2D eigenvalue weighted by atomic mass is 32.2. The Balaban J connectivity index is 1.22. The van der Waals surface area contributed by atoms with E-state index in [4.69, 9.17) is 0 Å². The molecule has 37 heavy (non-hydrogen) atoms. The van der Waals surface area contributed by atoms with E-state index in [-0.39, 0.29) is 23.0 Å². The van der Waals surface area contributed by atoms with Crippen molar-refractivity contribution in [2.75, 3.05) is 5.32 Å². The van der Waals surface area contributed by atoms with Gasteiger partial charge in [0.1, 0.15) is 11.4 Å². The predicted molar refractivity (Wildman–Crippen MR) is 140 cm³/mol. The third-order valence-corrected chi connectivity index (χ3v) is 7.30. The first-order valence-corrected chi connectivity index (χ1v) is 12.4. The van der Waals surface area contributed by atoms with Crippen molar-refractivity contribution >= 4 is 46.0 Å². The van der Waals surface area contributed by atoms with E-state index in [9.17, 15) is 14.4 Å². The molecular formula is C28H19N5O3S. The summed E-state index contributed by atoms with van der Waals surface area (Å²) < 4.78 is 1.73. The molecule has 8 nitrogen and oxygen atoms in total. The zero-order chi connectivity index (χ0) is 25.5. The summed E-state index contributed by atoms with van der Waals surface area (Å²) in [4.78, 5) is 47.6. The van der Waals surface area contributed by atoms with E-state index >= 15 is 0 Å². The minimum Gasteiger partial charge on any atom is -0.325 e. The molecule has 0 saturated carbocycles. The molecular weight excluding hydrogens is 486 g/mol. The Labute approximate surface area is 215 Å². The van der Waals surface area contributed by atoms with Gasteiger partial charge in [-0.2, -0.15) is 5.10 Å². The van der Waals surface area contributed by atoms with Crippen LogP contribution in [0.25, 0.3) is 16.7 Å². The van der Waals surface area contributed by atoms with E-state index < -0.39 is 5.25 Å². The van der Waals surface area contributed by atoms with Gasteiger partial charge in [0.15, 0.2) is 17.2 Å². The van der Waals surface area contributed by atoms with Crippen LogP contribution in [0.5, 0.6) is 0 Å². The van der Waals surface area contributed by atoms with Crippen LogP contribution in [-0.2, 0) is 4.79 Å². The number of nitrogens with zero attached hydrogens (tertiary/aromatic N) is 4. The van der Waals surface area contributed by atoms with Crippen molar-refractivity contribution in [2.24, 2.45) is 0 Å². The van der Waals surface area contributed by atoms with Gasteiger partial charge >= 0.3 is 0 Å². The number of ketones is 2. The second-order valence-corrected chi connectivity index (χ2v) is 9.85. The minimum atomic E-state index is -0.507. The predicted octanol–water partition coefficient (Wildman–Crippen LogP) is 4.71. The fourth-order valence-electron chi connectivity index (χ4n) is 4.32. The zero-order valence-corrected chi connectivity index (χ0v) is 20.4. The molecule has 2 heterocycles. The average Bonchev–Trinajstić information content (AvgIpc) is 3.37. The highest BCUT2D eigenvalue weighted by molar-refractivity contribution is 8.00. The first kappa shape index (κ1) is 22.8. The van der Waals surface area contributed by atoms with Crippen LogP contribution in [0.1, 0.15) is 38.8 Å². The van der Waals surface area contributed by atoms with E-state index in [1.54, 1.807) is 60.3 Å². The van der Waals surface area contributed by atoms with Crippen molar-refractivity contribution in [1.82, 2.24) is 19.7 Å². The Bertz CT molecular complexity index is 1710. The third-order valence-electron chi connectivity index (χ3n) is 6.18. The molecule has 6 rings (SSSR count). The van der Waals surface area contributed by atoms with Crippen LogP contribution in [0.2, 0.25) is 0 Å². The molecule has 0 radical (unpaired) electrons. The molecule has 5 aromatic rings. The summed E-state index contributed by atoms with van der Waals surface area (Å²) in [6.45, 7) is 1.78. The molecule has 0 saturated heterocycles. The van der Waals surface area contributed by atoms with E-state index in [0.29, 0.717) is 33.1 Å². The maximum atomic E-state index is 13.0. The van der Waals surface area contributed by atoms with Crippen molar-refractivity contribution in [3.63, 3.8) is 0 Å². The molecule has 9 heteroatoms. The quantitative estimate of drug-likeness (QED) is 0.267. The lowest BCUT2D eigenvalue weighted by atomic mass is 9.84. The first-order valence-electron chi connectivity index (χ1n) is 11.6. The summed E-state index contributed by atoms with van der Waals surface area (Å²) >= 11 is 1.29. The summed E-state index contributed by atoms with van der Waals surface area (Å²) in [6.07, 6.45) is 3.15. The largest absolute Gasteiger partial charge is 0.325 e. The van der Waals surface area contributed by atoms with Crippen LogP contribution in [0.15, 0.2) is 90.3 Å². The van der Waals surface area contributed by atoms with Gasteiger partial charge in [-0.05, 0) is 37.3 Å². The number of carbonyl (C=O) groups excluding carboxylic acids is 3. The van der Waals surface area contributed by atoms with Gasteiger partial charge in [0.2, 0.25) is 5.91 Å². The normalized spacial score (nSPS) is 13.2. The Morgan fingerprint density at radius 3 is 2.30 bits per heavy atom. The summed E-state index contributed by atoms with van der Waals surface area (Å²) in [5.41, 5.74) is 3.36. The van der Waals surface area contributed by atoms with Crippen molar-refractivity contribution in [2.45, 2.75) is 17.2 Å². The van der Waals surface area contributed by atoms with Crippen LogP contribution < -0.4 is 5.32 Å². The topological polar surface area (TPSA) is 107 Å². The maximum Gasteiger partial charge on any atom is 0.237 e. The van der Waals surface area contributed by atoms with E-state index in [2.05, 4.69) is 20.4 Å². The summed E-state index contributed by atoms with van der Waals surface area (Å²) in [6, 6.07) is 21.2. The number of carbonyl (C=O) groups is 3. The lowest BCUT2D eigenvalue weighted by Gasteiger charge is -2.18. The lowest BCUT2D eigenvalue weighted by Crippen LogP contribution is -2.24. The van der Waals surface area contributed by atoms with Gasteiger partial charge in [0.05, 0.1) is 22.5 Å². The number of para-hydroxylation sites is 1. The Morgan fingerprint density at radius 1 is 0.865 bits per heavy atom. The highest BCUT2D eigenvalue weighted by Gasteiger charge is 2.29. The number of hydrogen-bond donors (Lipinski definition) is 1. The van der Waals surface area contributed by atoms with Crippen molar-refractivity contribution in [3.8, 4) is 5.69 Å². The van der Waals surface area contributed by atoms with Gasteiger partial charge in [0, 0.05) is 27.9 Å². The van der Waals surface area contributed by atoms with Crippen LogP contribution in [-0.4, -0.2) is 42.5 Å². The van der Waals surface area contributed by atoms with Crippen LogP contribution >= 0.6 is 11.8 Å². The summed E-state index contributed by atoms with van der Waals surface area (Å²) in [5, 5.41) is 8.19. The molecule has 1 N–H and O–H groups in total. The summed E-state index contributed by atoms with van der Waals surface area (Å²) in [7, 11) is 0. The molecule has 2 aromatic heterocycles. The second kappa shape index (κ2) is 9.11. The molecule has 0 spiro atoms. The number of nitrogens with one attached hydrogen (secondary N) is 1. The van der Waals surface area contributed by atoms with E-state index in [1.165, 1.54) is 18.1 Å². The summed E-state index contributed by atoms with van der Waals surface area (Å²) in [5.74, 6) is -0.694. The van der Waals surface area contributed by atoms with Crippen molar-refractivity contribution in [3.05, 3.63) is 108 Å². The van der Waals surface area contributed by atoms with Crippen LogP contribution in [0.3, 0.4) is 0 Å². The number of anilines is 1. The average molecular weight is 506 g/mol. The first-order chi connectivity index (χ1) is 18.0.